The molecule has 0 bridgehead atoms. The predicted octanol–water partition coefficient (Wildman–Crippen LogP) is 0.107. The van der Waals surface area contributed by atoms with Gasteiger partial charge in [0, 0.05) is 19.5 Å². The topological polar surface area (TPSA) is 99.8 Å². The molecular formula is C10H15N5O2S2. The maximum Gasteiger partial charge on any atom is 0.250 e. The van der Waals surface area contributed by atoms with Crippen molar-refractivity contribution in [3.8, 4) is 0 Å². The molecule has 7 nitrogen and oxygen atoms in total. The smallest absolute Gasteiger partial charge is 0.250 e. The fourth-order valence-electron chi connectivity index (χ4n) is 1.52. The first-order chi connectivity index (χ1) is 9.12. The average Bonchev–Trinajstić information content (AvgIpc) is 3.00. The van der Waals surface area contributed by atoms with Crippen LogP contribution in [-0.4, -0.2) is 37.2 Å². The van der Waals surface area contributed by atoms with Gasteiger partial charge in [-0.1, -0.05) is 0 Å². The second-order valence-electron chi connectivity index (χ2n) is 3.88. The summed E-state index contributed by atoms with van der Waals surface area (Å²) in [6.45, 7) is 0.945. The van der Waals surface area contributed by atoms with E-state index in [0.717, 1.165) is 5.56 Å². The van der Waals surface area contributed by atoms with Gasteiger partial charge in [0.2, 0.25) is 10.0 Å². The molecule has 19 heavy (non-hydrogen) atoms. The van der Waals surface area contributed by atoms with Crippen LogP contribution in [0.1, 0.15) is 11.4 Å². The van der Waals surface area contributed by atoms with E-state index in [4.69, 9.17) is 0 Å². The van der Waals surface area contributed by atoms with Gasteiger partial charge < -0.3 is 5.32 Å². The zero-order valence-corrected chi connectivity index (χ0v) is 12.0. The maximum absolute atomic E-state index is 12.0. The summed E-state index contributed by atoms with van der Waals surface area (Å²) in [5.74, 6) is 0.657. The third kappa shape index (κ3) is 3.83. The number of thiophene rings is 1. The van der Waals surface area contributed by atoms with E-state index in [9.17, 15) is 8.42 Å². The second kappa shape index (κ2) is 6.24. The van der Waals surface area contributed by atoms with Crippen LogP contribution in [0.3, 0.4) is 0 Å². The first-order valence-corrected chi connectivity index (χ1v) is 8.04. The summed E-state index contributed by atoms with van der Waals surface area (Å²) >= 11 is 1.22. The fourth-order valence-corrected chi connectivity index (χ4v) is 3.80. The molecule has 3 N–H and O–H groups in total. The van der Waals surface area contributed by atoms with Crippen molar-refractivity contribution in [1.29, 1.82) is 0 Å². The van der Waals surface area contributed by atoms with Gasteiger partial charge in [0.05, 0.1) is 0 Å². The first kappa shape index (κ1) is 14.1. The molecule has 2 aromatic heterocycles. The van der Waals surface area contributed by atoms with Crippen molar-refractivity contribution in [2.24, 2.45) is 0 Å². The normalized spacial score (nSPS) is 11.8. The van der Waals surface area contributed by atoms with Gasteiger partial charge >= 0.3 is 0 Å². The minimum atomic E-state index is -3.43. The summed E-state index contributed by atoms with van der Waals surface area (Å²) in [7, 11) is -1.61. The Labute approximate surface area is 115 Å². The minimum absolute atomic E-state index is 0.288. The van der Waals surface area contributed by atoms with Gasteiger partial charge in [-0.3, -0.25) is 5.10 Å². The maximum atomic E-state index is 12.0. The Balaban J connectivity index is 1.93. The summed E-state index contributed by atoms with van der Waals surface area (Å²) in [6.07, 6.45) is 1.88. The molecule has 0 spiro atoms. The molecule has 2 heterocycles. The quantitative estimate of drug-likeness (QED) is 0.674. The van der Waals surface area contributed by atoms with Crippen LogP contribution >= 0.6 is 11.3 Å². The van der Waals surface area contributed by atoms with E-state index < -0.39 is 10.0 Å². The van der Waals surface area contributed by atoms with Crippen LogP contribution < -0.4 is 10.0 Å². The molecule has 0 saturated heterocycles. The molecule has 0 radical (unpaired) electrons. The molecule has 0 saturated carbocycles. The number of nitrogens with one attached hydrogen (secondary N) is 3. The zero-order chi connectivity index (χ0) is 13.7. The number of hydrogen-bond donors (Lipinski definition) is 3. The summed E-state index contributed by atoms with van der Waals surface area (Å²) in [5, 5.41) is 11.2. The van der Waals surface area contributed by atoms with Gasteiger partial charge in [-0.25, -0.2) is 18.1 Å². The van der Waals surface area contributed by atoms with Crippen LogP contribution in [0.2, 0.25) is 0 Å². The van der Waals surface area contributed by atoms with Gasteiger partial charge in [0.15, 0.2) is 0 Å². The summed E-state index contributed by atoms with van der Waals surface area (Å²) in [5.41, 5.74) is 0.961. The molecule has 9 heteroatoms. The molecule has 0 amide bonds. The number of aromatic nitrogens is 3. The van der Waals surface area contributed by atoms with Crippen molar-refractivity contribution in [3.63, 3.8) is 0 Å². The number of rotatable bonds is 7. The Bertz CT molecular complexity index is 606. The highest BCUT2D eigenvalue weighted by Crippen LogP contribution is 2.19. The van der Waals surface area contributed by atoms with E-state index in [1.54, 1.807) is 6.07 Å². The lowest BCUT2D eigenvalue weighted by atomic mass is 10.3. The fraction of sp³-hybridized carbons (Fsp3) is 0.400. The van der Waals surface area contributed by atoms with Crippen molar-refractivity contribution in [2.75, 3.05) is 13.6 Å². The van der Waals surface area contributed by atoms with E-state index in [-0.39, 0.29) is 6.54 Å². The highest BCUT2D eigenvalue weighted by atomic mass is 32.2. The molecule has 0 fully saturated rings. The Morgan fingerprint density at radius 2 is 2.32 bits per heavy atom. The molecule has 0 aliphatic heterocycles. The van der Waals surface area contributed by atoms with Crippen LogP contribution in [0.15, 0.2) is 22.0 Å². The van der Waals surface area contributed by atoms with Crippen LogP contribution in [0.5, 0.6) is 0 Å². The first-order valence-electron chi connectivity index (χ1n) is 5.68. The average molecular weight is 301 g/mol. The lowest BCUT2D eigenvalue weighted by molar-refractivity contribution is 0.583. The molecule has 0 aromatic carbocycles. The molecule has 0 aliphatic carbocycles. The summed E-state index contributed by atoms with van der Waals surface area (Å²) < 4.78 is 26.9. The van der Waals surface area contributed by atoms with Gasteiger partial charge in [0.25, 0.3) is 0 Å². The molecule has 0 aliphatic rings. The number of hydrogen-bond acceptors (Lipinski definition) is 6. The SMILES string of the molecule is CNCc1csc(S(=O)(=O)NCCc2ncn[nH]2)c1. The van der Waals surface area contributed by atoms with E-state index in [2.05, 4.69) is 25.2 Å². The Morgan fingerprint density at radius 1 is 1.47 bits per heavy atom. The third-order valence-corrected chi connectivity index (χ3v) is 5.34. The third-order valence-electron chi connectivity index (χ3n) is 2.39. The number of nitrogens with zero attached hydrogens (tertiary/aromatic N) is 2. The lowest BCUT2D eigenvalue weighted by Gasteiger charge is -2.02. The second-order valence-corrected chi connectivity index (χ2v) is 6.79. The number of H-pyrrole nitrogens is 1. The van der Waals surface area contributed by atoms with Crippen LogP contribution in [0.4, 0.5) is 0 Å². The van der Waals surface area contributed by atoms with Crippen molar-refractivity contribution < 1.29 is 8.42 Å². The van der Waals surface area contributed by atoms with Gasteiger partial charge in [-0.15, -0.1) is 11.3 Å². The largest absolute Gasteiger partial charge is 0.316 e. The van der Waals surface area contributed by atoms with Crippen LogP contribution in [0, 0.1) is 0 Å². The standard InChI is InChI=1S/C10H15N5O2S2/c1-11-5-8-4-10(18-6-8)19(16,17)14-3-2-9-12-7-13-15-9/h4,6-7,11,14H,2-3,5H2,1H3,(H,12,13,15). The summed E-state index contributed by atoms with van der Waals surface area (Å²) in [4.78, 5) is 3.93. The zero-order valence-electron chi connectivity index (χ0n) is 10.4. The number of aromatic amines is 1. The Morgan fingerprint density at radius 3 is 3.00 bits per heavy atom. The Hall–Kier alpha value is -1.29. The number of sulfonamides is 1. The van der Waals surface area contributed by atoms with Crippen molar-refractivity contribution in [3.05, 3.63) is 29.2 Å². The van der Waals surface area contributed by atoms with Crippen molar-refractivity contribution >= 4 is 21.4 Å². The highest BCUT2D eigenvalue weighted by Gasteiger charge is 2.16. The lowest BCUT2D eigenvalue weighted by Crippen LogP contribution is -2.25. The van der Waals surface area contributed by atoms with Gasteiger partial charge in [-0.05, 0) is 24.1 Å². The van der Waals surface area contributed by atoms with Crippen molar-refractivity contribution in [1.82, 2.24) is 25.2 Å². The highest BCUT2D eigenvalue weighted by molar-refractivity contribution is 7.91. The summed E-state index contributed by atoms with van der Waals surface area (Å²) in [6, 6.07) is 1.68. The minimum Gasteiger partial charge on any atom is -0.316 e. The molecule has 0 atom stereocenters. The predicted molar refractivity (Wildman–Crippen MR) is 72.4 cm³/mol. The monoisotopic (exact) mass is 301 g/mol. The molecule has 2 rings (SSSR count). The van der Waals surface area contributed by atoms with Crippen LogP contribution in [0.25, 0.3) is 0 Å². The van der Waals surface area contributed by atoms with E-state index in [1.165, 1.54) is 17.7 Å². The van der Waals surface area contributed by atoms with E-state index in [0.29, 0.717) is 23.0 Å². The molecule has 0 unspecified atom stereocenters. The van der Waals surface area contributed by atoms with Crippen molar-refractivity contribution in [2.45, 2.75) is 17.2 Å². The molecular weight excluding hydrogens is 286 g/mol. The van der Waals surface area contributed by atoms with Gasteiger partial charge in [-0.2, -0.15) is 5.10 Å². The van der Waals surface area contributed by atoms with Gasteiger partial charge in [0.1, 0.15) is 16.4 Å². The Kier molecular flexibility index (Phi) is 4.64. The van der Waals surface area contributed by atoms with E-state index >= 15 is 0 Å². The molecule has 2 aromatic rings. The van der Waals surface area contributed by atoms with Crippen LogP contribution in [-0.2, 0) is 23.0 Å². The molecule has 104 valence electrons. The van der Waals surface area contributed by atoms with E-state index in [1.807, 2.05) is 12.4 Å².